The normalized spacial score (nSPS) is 19.1. The Hall–Kier alpha value is -2.14. The van der Waals surface area contributed by atoms with Crippen LogP contribution in [0.4, 0.5) is 0 Å². The predicted molar refractivity (Wildman–Crippen MR) is 112 cm³/mol. The molecule has 2 fully saturated rings. The maximum absolute atomic E-state index is 12.6. The van der Waals surface area contributed by atoms with Crippen LogP contribution in [0, 0.1) is 5.92 Å². The summed E-state index contributed by atoms with van der Waals surface area (Å²) in [5, 5.41) is 0. The number of piperazine rings is 1. The van der Waals surface area contributed by atoms with E-state index in [0.717, 1.165) is 57.1 Å². The van der Waals surface area contributed by atoms with Gasteiger partial charge in [-0.15, -0.1) is 0 Å². The molecule has 0 atom stereocenters. The van der Waals surface area contributed by atoms with Crippen molar-refractivity contribution in [2.75, 3.05) is 32.7 Å². The Morgan fingerprint density at radius 1 is 0.964 bits per heavy atom. The number of rotatable bonds is 6. The molecule has 1 amide bonds. The predicted octanol–water partition coefficient (Wildman–Crippen LogP) is 3.66. The number of carbonyl (C=O) groups is 1. The Bertz CT molecular complexity index is 743. The Labute approximate surface area is 168 Å². The number of aromatic nitrogens is 2. The van der Waals surface area contributed by atoms with Crippen molar-refractivity contribution in [1.82, 2.24) is 19.4 Å². The van der Waals surface area contributed by atoms with E-state index in [1.165, 1.54) is 32.1 Å². The fourth-order valence-electron chi connectivity index (χ4n) is 4.57. The lowest BCUT2D eigenvalue weighted by atomic mass is 9.86. The molecule has 28 heavy (non-hydrogen) atoms. The van der Waals surface area contributed by atoms with Gasteiger partial charge in [-0.05, 0) is 18.8 Å². The summed E-state index contributed by atoms with van der Waals surface area (Å²) in [6.45, 7) is 5.64. The second kappa shape index (κ2) is 9.37. The lowest BCUT2D eigenvalue weighted by Crippen LogP contribution is -2.49. The van der Waals surface area contributed by atoms with Crippen molar-refractivity contribution in [2.24, 2.45) is 5.92 Å². The first-order valence-corrected chi connectivity index (χ1v) is 10.9. The van der Waals surface area contributed by atoms with Crippen LogP contribution in [0.3, 0.4) is 0 Å². The van der Waals surface area contributed by atoms with Crippen molar-refractivity contribution in [3.05, 3.63) is 42.7 Å². The summed E-state index contributed by atoms with van der Waals surface area (Å²) < 4.78 is 2.23. The minimum absolute atomic E-state index is 0.382. The van der Waals surface area contributed by atoms with Gasteiger partial charge in [-0.3, -0.25) is 9.69 Å². The van der Waals surface area contributed by atoms with Crippen molar-refractivity contribution in [3.8, 4) is 11.4 Å². The van der Waals surface area contributed by atoms with Crippen molar-refractivity contribution < 1.29 is 4.79 Å². The van der Waals surface area contributed by atoms with E-state index in [-0.39, 0.29) is 0 Å². The monoisotopic (exact) mass is 380 g/mol. The van der Waals surface area contributed by atoms with Crippen LogP contribution in [0.25, 0.3) is 11.4 Å². The van der Waals surface area contributed by atoms with Crippen LogP contribution in [0.15, 0.2) is 42.7 Å². The Morgan fingerprint density at radius 3 is 2.46 bits per heavy atom. The van der Waals surface area contributed by atoms with Crippen molar-refractivity contribution >= 4 is 5.91 Å². The van der Waals surface area contributed by atoms with Crippen LogP contribution in [0.1, 0.15) is 38.5 Å². The zero-order valence-corrected chi connectivity index (χ0v) is 16.8. The maximum atomic E-state index is 12.6. The molecule has 5 heteroatoms. The molecule has 1 aliphatic carbocycles. The number of nitrogens with zero attached hydrogens (tertiary/aromatic N) is 4. The summed E-state index contributed by atoms with van der Waals surface area (Å²) in [6.07, 6.45) is 11.2. The smallest absolute Gasteiger partial charge is 0.222 e. The van der Waals surface area contributed by atoms with Gasteiger partial charge >= 0.3 is 0 Å². The van der Waals surface area contributed by atoms with Gasteiger partial charge in [0.25, 0.3) is 0 Å². The van der Waals surface area contributed by atoms with Gasteiger partial charge in [0.05, 0.1) is 0 Å². The SMILES string of the molecule is O=C(CC1CCCCC1)N1CCN(CCn2ccnc2-c2ccccc2)CC1. The highest BCUT2D eigenvalue weighted by Gasteiger charge is 2.24. The summed E-state index contributed by atoms with van der Waals surface area (Å²) in [5.41, 5.74) is 1.16. The first-order valence-electron chi connectivity index (χ1n) is 10.9. The minimum atomic E-state index is 0.382. The third-order valence-electron chi connectivity index (χ3n) is 6.32. The molecule has 0 bridgehead atoms. The lowest BCUT2D eigenvalue weighted by Gasteiger charge is -2.35. The molecule has 0 radical (unpaired) electrons. The van der Waals surface area contributed by atoms with Crippen LogP contribution >= 0.6 is 0 Å². The highest BCUT2D eigenvalue weighted by molar-refractivity contribution is 5.76. The average molecular weight is 381 g/mol. The maximum Gasteiger partial charge on any atom is 0.222 e. The second-order valence-corrected chi connectivity index (χ2v) is 8.24. The van der Waals surface area contributed by atoms with Gasteiger partial charge < -0.3 is 9.47 Å². The van der Waals surface area contributed by atoms with E-state index in [1.807, 2.05) is 12.3 Å². The van der Waals surface area contributed by atoms with Crippen molar-refractivity contribution in [1.29, 1.82) is 0 Å². The highest BCUT2D eigenvalue weighted by Crippen LogP contribution is 2.27. The second-order valence-electron chi connectivity index (χ2n) is 8.24. The highest BCUT2D eigenvalue weighted by atomic mass is 16.2. The van der Waals surface area contributed by atoms with Crippen molar-refractivity contribution in [3.63, 3.8) is 0 Å². The van der Waals surface area contributed by atoms with E-state index in [4.69, 9.17) is 0 Å². The molecule has 4 rings (SSSR count). The van der Waals surface area contributed by atoms with E-state index in [2.05, 4.69) is 49.8 Å². The van der Waals surface area contributed by atoms with Gasteiger partial charge in [0.2, 0.25) is 5.91 Å². The fraction of sp³-hybridized carbons (Fsp3) is 0.565. The number of hydrogen-bond donors (Lipinski definition) is 0. The van der Waals surface area contributed by atoms with E-state index >= 15 is 0 Å². The molecule has 0 N–H and O–H groups in total. The van der Waals surface area contributed by atoms with Gasteiger partial charge in [-0.25, -0.2) is 4.98 Å². The van der Waals surface area contributed by atoms with Gasteiger partial charge in [0, 0.05) is 63.6 Å². The molecule has 1 aliphatic heterocycles. The summed E-state index contributed by atoms with van der Waals surface area (Å²) in [7, 11) is 0. The molecule has 2 aromatic rings. The molecule has 1 saturated carbocycles. The third-order valence-corrected chi connectivity index (χ3v) is 6.32. The van der Waals surface area contributed by atoms with Gasteiger partial charge in [-0.1, -0.05) is 49.6 Å². The quantitative estimate of drug-likeness (QED) is 0.768. The zero-order valence-electron chi connectivity index (χ0n) is 16.8. The lowest BCUT2D eigenvalue weighted by molar-refractivity contribution is -0.134. The summed E-state index contributed by atoms with van der Waals surface area (Å²) in [6, 6.07) is 10.4. The number of amides is 1. The van der Waals surface area contributed by atoms with E-state index in [0.29, 0.717) is 11.8 Å². The molecule has 0 unspecified atom stereocenters. The zero-order chi connectivity index (χ0) is 19.2. The molecule has 150 valence electrons. The van der Waals surface area contributed by atoms with Crippen LogP contribution in [-0.2, 0) is 11.3 Å². The Balaban J connectivity index is 1.23. The molecule has 1 saturated heterocycles. The topological polar surface area (TPSA) is 41.4 Å². The molecule has 1 aromatic heterocycles. The number of imidazole rings is 1. The van der Waals surface area contributed by atoms with Crippen LogP contribution in [0.5, 0.6) is 0 Å². The van der Waals surface area contributed by atoms with Crippen molar-refractivity contribution in [2.45, 2.75) is 45.1 Å². The first kappa shape index (κ1) is 19.2. The van der Waals surface area contributed by atoms with Gasteiger partial charge in [0.1, 0.15) is 5.82 Å². The van der Waals surface area contributed by atoms with Crippen LogP contribution in [0.2, 0.25) is 0 Å². The van der Waals surface area contributed by atoms with E-state index in [9.17, 15) is 4.79 Å². The first-order chi connectivity index (χ1) is 13.8. The molecule has 2 heterocycles. The standard InChI is InChI=1S/C23H32N4O/c28-22(19-20-7-3-1-4-8-20)26-16-13-25(14-17-26)15-18-27-12-11-24-23(27)21-9-5-2-6-10-21/h2,5-6,9-12,20H,1,3-4,7-8,13-19H2. The number of hydrogen-bond acceptors (Lipinski definition) is 3. The van der Waals surface area contributed by atoms with Crippen LogP contribution < -0.4 is 0 Å². The molecule has 5 nitrogen and oxygen atoms in total. The fourth-order valence-corrected chi connectivity index (χ4v) is 4.57. The Morgan fingerprint density at radius 2 is 1.71 bits per heavy atom. The van der Waals surface area contributed by atoms with Gasteiger partial charge in [-0.2, -0.15) is 0 Å². The van der Waals surface area contributed by atoms with Gasteiger partial charge in [0.15, 0.2) is 0 Å². The Kier molecular flexibility index (Phi) is 6.42. The third kappa shape index (κ3) is 4.82. The molecule has 1 aromatic carbocycles. The number of carbonyl (C=O) groups excluding carboxylic acids is 1. The van der Waals surface area contributed by atoms with E-state index in [1.54, 1.807) is 0 Å². The molecule has 0 spiro atoms. The van der Waals surface area contributed by atoms with E-state index < -0.39 is 0 Å². The molecular formula is C23H32N4O. The summed E-state index contributed by atoms with van der Waals surface area (Å²) in [5.74, 6) is 2.05. The molecule has 2 aliphatic rings. The average Bonchev–Trinajstić information content (AvgIpc) is 3.23. The number of benzene rings is 1. The summed E-state index contributed by atoms with van der Waals surface area (Å²) >= 11 is 0. The summed E-state index contributed by atoms with van der Waals surface area (Å²) in [4.78, 5) is 21.7. The van der Waals surface area contributed by atoms with Crippen LogP contribution in [-0.4, -0.2) is 58.0 Å². The minimum Gasteiger partial charge on any atom is -0.340 e. The molecular weight excluding hydrogens is 348 g/mol. The largest absolute Gasteiger partial charge is 0.340 e.